The van der Waals surface area contributed by atoms with E-state index in [2.05, 4.69) is 15.9 Å². The Labute approximate surface area is 132 Å². The average Bonchev–Trinajstić information content (AvgIpc) is 2.49. The first kappa shape index (κ1) is 15.8. The van der Waals surface area contributed by atoms with Crippen LogP contribution < -0.4 is 15.2 Å². The minimum Gasteiger partial charge on any atom is -0.493 e. The Bertz CT molecular complexity index is 634. The topological polar surface area (TPSA) is 44.5 Å². The van der Waals surface area contributed by atoms with Crippen LogP contribution in [0.2, 0.25) is 0 Å². The highest BCUT2D eigenvalue weighted by Gasteiger charge is 2.17. The van der Waals surface area contributed by atoms with Crippen molar-refractivity contribution in [2.45, 2.75) is 12.5 Å². The Kier molecular flexibility index (Phi) is 5.20. The fourth-order valence-corrected chi connectivity index (χ4v) is 2.57. The molecule has 2 rings (SSSR count). The van der Waals surface area contributed by atoms with Crippen molar-refractivity contribution in [1.29, 1.82) is 0 Å². The first-order chi connectivity index (χ1) is 10.1. The molecule has 0 saturated heterocycles. The van der Waals surface area contributed by atoms with Crippen molar-refractivity contribution in [3.8, 4) is 11.5 Å². The Hall–Kier alpha value is -1.59. The highest BCUT2D eigenvalue weighted by molar-refractivity contribution is 9.10. The van der Waals surface area contributed by atoms with Crippen LogP contribution in [-0.4, -0.2) is 14.2 Å². The summed E-state index contributed by atoms with van der Waals surface area (Å²) in [6, 6.07) is 10.1. The maximum Gasteiger partial charge on any atom is 0.165 e. The van der Waals surface area contributed by atoms with Crippen LogP contribution in [-0.2, 0) is 6.42 Å². The molecule has 5 heteroatoms. The second-order valence-electron chi connectivity index (χ2n) is 4.63. The molecule has 0 aliphatic heterocycles. The van der Waals surface area contributed by atoms with Crippen molar-refractivity contribution in [2.24, 2.45) is 5.73 Å². The number of halogens is 2. The summed E-state index contributed by atoms with van der Waals surface area (Å²) in [7, 11) is 3.13. The zero-order valence-corrected chi connectivity index (χ0v) is 13.5. The third kappa shape index (κ3) is 3.54. The summed E-state index contributed by atoms with van der Waals surface area (Å²) in [5, 5.41) is 0. The number of nitrogens with two attached hydrogens (primary N) is 1. The van der Waals surface area contributed by atoms with E-state index in [0.29, 0.717) is 28.0 Å². The third-order valence-corrected chi connectivity index (χ3v) is 3.78. The number of rotatable bonds is 5. The summed E-state index contributed by atoms with van der Waals surface area (Å²) in [5.74, 6) is 0.924. The zero-order valence-electron chi connectivity index (χ0n) is 11.9. The van der Waals surface area contributed by atoms with Crippen molar-refractivity contribution >= 4 is 15.9 Å². The summed E-state index contributed by atoms with van der Waals surface area (Å²) >= 11 is 3.24. The molecule has 2 aromatic carbocycles. The van der Waals surface area contributed by atoms with E-state index < -0.39 is 0 Å². The lowest BCUT2D eigenvalue weighted by atomic mass is 9.98. The standard InChI is InChI=1S/C16H17BrFNO2/c1-20-15-5-3-4-12(16(15)21-2)14(19)8-10-6-7-11(17)9-13(10)18/h3-7,9,14H,8,19H2,1-2H3. The Balaban J connectivity index is 2.30. The SMILES string of the molecule is COc1cccc(C(N)Cc2ccc(Br)cc2F)c1OC. The van der Waals surface area contributed by atoms with E-state index in [1.54, 1.807) is 32.4 Å². The predicted molar refractivity (Wildman–Crippen MR) is 84.3 cm³/mol. The Morgan fingerprint density at radius 2 is 1.95 bits per heavy atom. The summed E-state index contributed by atoms with van der Waals surface area (Å²) in [5.41, 5.74) is 7.58. The minimum absolute atomic E-state index is 0.276. The fourth-order valence-electron chi connectivity index (χ4n) is 2.24. The maximum atomic E-state index is 13.9. The summed E-state index contributed by atoms with van der Waals surface area (Å²) < 4.78 is 25.2. The number of ether oxygens (including phenoxy) is 2. The number of para-hydroxylation sites is 1. The van der Waals surface area contributed by atoms with Crippen molar-refractivity contribution in [1.82, 2.24) is 0 Å². The first-order valence-corrected chi connectivity index (χ1v) is 7.26. The third-order valence-electron chi connectivity index (χ3n) is 3.29. The predicted octanol–water partition coefficient (Wildman–Crippen LogP) is 3.85. The quantitative estimate of drug-likeness (QED) is 0.887. The minimum atomic E-state index is -0.384. The molecule has 0 saturated carbocycles. The monoisotopic (exact) mass is 353 g/mol. The van der Waals surface area contributed by atoms with Crippen LogP contribution in [0.1, 0.15) is 17.2 Å². The van der Waals surface area contributed by atoms with Crippen molar-refractivity contribution in [3.63, 3.8) is 0 Å². The van der Waals surface area contributed by atoms with Crippen molar-refractivity contribution in [2.75, 3.05) is 14.2 Å². The summed E-state index contributed by atoms with van der Waals surface area (Å²) in [4.78, 5) is 0. The molecule has 0 spiro atoms. The number of hydrogen-bond donors (Lipinski definition) is 1. The fraction of sp³-hybridized carbons (Fsp3) is 0.250. The van der Waals surface area contributed by atoms with E-state index in [-0.39, 0.29) is 11.9 Å². The Morgan fingerprint density at radius 3 is 2.57 bits per heavy atom. The van der Waals surface area contributed by atoms with Crippen molar-refractivity contribution < 1.29 is 13.9 Å². The van der Waals surface area contributed by atoms with Gasteiger partial charge in [0.05, 0.1) is 14.2 Å². The van der Waals surface area contributed by atoms with Gasteiger partial charge in [-0.1, -0.05) is 34.1 Å². The van der Waals surface area contributed by atoms with Gasteiger partial charge in [0.15, 0.2) is 11.5 Å². The highest BCUT2D eigenvalue weighted by atomic mass is 79.9. The molecule has 0 aliphatic carbocycles. The molecule has 0 bridgehead atoms. The molecule has 0 amide bonds. The van der Waals surface area contributed by atoms with Gasteiger partial charge in [-0.25, -0.2) is 4.39 Å². The van der Waals surface area contributed by atoms with Gasteiger partial charge in [-0.3, -0.25) is 0 Å². The van der Waals surface area contributed by atoms with E-state index in [9.17, 15) is 4.39 Å². The van der Waals surface area contributed by atoms with Gasteiger partial charge in [-0.05, 0) is 30.2 Å². The van der Waals surface area contributed by atoms with E-state index in [1.807, 2.05) is 12.1 Å². The van der Waals surface area contributed by atoms with Gasteiger partial charge in [0.1, 0.15) is 5.82 Å². The summed E-state index contributed by atoms with van der Waals surface area (Å²) in [6.07, 6.45) is 0.378. The molecular weight excluding hydrogens is 337 g/mol. The molecular formula is C16H17BrFNO2. The molecule has 0 fully saturated rings. The molecule has 1 atom stereocenters. The number of benzene rings is 2. The van der Waals surface area contributed by atoms with Gasteiger partial charge in [0.2, 0.25) is 0 Å². The zero-order chi connectivity index (χ0) is 15.4. The van der Waals surface area contributed by atoms with Crippen LogP contribution in [0.15, 0.2) is 40.9 Å². The van der Waals surface area contributed by atoms with Crippen LogP contribution in [0, 0.1) is 5.82 Å². The van der Waals surface area contributed by atoms with Gasteiger partial charge in [-0.15, -0.1) is 0 Å². The van der Waals surface area contributed by atoms with Gasteiger partial charge >= 0.3 is 0 Å². The second kappa shape index (κ2) is 6.91. The van der Waals surface area contributed by atoms with Crippen molar-refractivity contribution in [3.05, 3.63) is 57.8 Å². The van der Waals surface area contributed by atoms with Gasteiger partial charge in [-0.2, -0.15) is 0 Å². The molecule has 1 unspecified atom stereocenters. The first-order valence-electron chi connectivity index (χ1n) is 6.47. The number of hydrogen-bond acceptors (Lipinski definition) is 3. The average molecular weight is 354 g/mol. The van der Waals surface area contributed by atoms with Crippen LogP contribution in [0.4, 0.5) is 4.39 Å². The largest absolute Gasteiger partial charge is 0.493 e. The van der Waals surface area contributed by atoms with E-state index in [0.717, 1.165) is 5.56 Å². The normalized spacial score (nSPS) is 12.0. The van der Waals surface area contributed by atoms with E-state index in [4.69, 9.17) is 15.2 Å². The lowest BCUT2D eigenvalue weighted by Gasteiger charge is -2.18. The summed E-state index contributed by atoms with van der Waals surface area (Å²) in [6.45, 7) is 0. The van der Waals surface area contributed by atoms with Crippen LogP contribution in [0.5, 0.6) is 11.5 Å². The van der Waals surface area contributed by atoms with Crippen LogP contribution >= 0.6 is 15.9 Å². The number of methoxy groups -OCH3 is 2. The molecule has 0 heterocycles. The molecule has 2 N–H and O–H groups in total. The molecule has 2 aromatic rings. The lowest BCUT2D eigenvalue weighted by molar-refractivity contribution is 0.349. The smallest absolute Gasteiger partial charge is 0.165 e. The Morgan fingerprint density at radius 1 is 1.19 bits per heavy atom. The maximum absolute atomic E-state index is 13.9. The molecule has 0 aliphatic rings. The van der Waals surface area contributed by atoms with Gasteiger partial charge in [0, 0.05) is 16.1 Å². The van der Waals surface area contributed by atoms with Gasteiger partial charge in [0.25, 0.3) is 0 Å². The highest BCUT2D eigenvalue weighted by Crippen LogP contribution is 2.35. The van der Waals surface area contributed by atoms with E-state index >= 15 is 0 Å². The molecule has 0 radical (unpaired) electrons. The molecule has 3 nitrogen and oxygen atoms in total. The molecule has 112 valence electrons. The lowest BCUT2D eigenvalue weighted by Crippen LogP contribution is -2.15. The van der Waals surface area contributed by atoms with Gasteiger partial charge < -0.3 is 15.2 Å². The molecule has 0 aromatic heterocycles. The second-order valence-corrected chi connectivity index (χ2v) is 5.54. The molecule has 21 heavy (non-hydrogen) atoms. The van der Waals surface area contributed by atoms with E-state index in [1.165, 1.54) is 6.07 Å². The van der Waals surface area contributed by atoms with Crippen LogP contribution in [0.3, 0.4) is 0 Å². The van der Waals surface area contributed by atoms with Crippen LogP contribution in [0.25, 0.3) is 0 Å².